The van der Waals surface area contributed by atoms with E-state index in [1.54, 1.807) is 13.8 Å². The van der Waals surface area contributed by atoms with E-state index in [4.69, 9.17) is 24.2 Å². The van der Waals surface area contributed by atoms with Crippen LogP contribution in [0, 0.1) is 5.31 Å². The number of rotatable bonds is 4. The van der Waals surface area contributed by atoms with E-state index in [2.05, 4.69) is 6.58 Å². The monoisotopic (exact) mass is 239 g/mol. The first kappa shape index (κ1) is 12.4. The molecule has 17 heavy (non-hydrogen) atoms. The fourth-order valence-electron chi connectivity index (χ4n) is 2.20. The van der Waals surface area contributed by atoms with Crippen LogP contribution in [0.3, 0.4) is 0 Å². The van der Waals surface area contributed by atoms with Gasteiger partial charge in [-0.05, 0) is 0 Å². The topological polar surface area (TPSA) is 77.8 Å². The molecule has 0 saturated carbocycles. The molecule has 2 rings (SSSR count). The van der Waals surface area contributed by atoms with Crippen LogP contribution in [0.25, 0.3) is 0 Å². The van der Waals surface area contributed by atoms with Crippen molar-refractivity contribution in [3.05, 3.63) is 12.7 Å². The number of aldehydes is 1. The zero-order chi connectivity index (χ0) is 12.7. The van der Waals surface area contributed by atoms with Gasteiger partial charge >= 0.3 is 98.9 Å². The minimum absolute atomic E-state index is 0.600. The van der Waals surface area contributed by atoms with Crippen molar-refractivity contribution >= 4 is 13.6 Å². The van der Waals surface area contributed by atoms with E-state index in [1.807, 2.05) is 0 Å². The summed E-state index contributed by atoms with van der Waals surface area (Å²) in [6.45, 7) is 7.11. The molecule has 2 saturated heterocycles. The second-order valence-electron chi connectivity index (χ2n) is 4.41. The van der Waals surface area contributed by atoms with Gasteiger partial charge in [-0.1, -0.05) is 0 Å². The molecule has 0 spiro atoms. The van der Waals surface area contributed by atoms with Gasteiger partial charge in [0.2, 0.25) is 0 Å². The molecule has 7 heteroatoms. The molecular weight excluding hydrogens is 225 g/mol. The summed E-state index contributed by atoms with van der Waals surface area (Å²) in [5.41, 5.74) is -1.21. The third kappa shape index (κ3) is 1.74. The third-order valence-corrected chi connectivity index (χ3v) is 2.93. The summed E-state index contributed by atoms with van der Waals surface area (Å²) < 4.78 is 21.8. The van der Waals surface area contributed by atoms with E-state index < -0.39 is 29.9 Å². The second kappa shape index (κ2) is 4.01. The third-order valence-electron chi connectivity index (χ3n) is 2.93. The number of carbonyl (C=O) groups excluding carboxylic acids is 1. The quantitative estimate of drug-likeness (QED) is 0.436. The van der Waals surface area contributed by atoms with Gasteiger partial charge in [-0.2, -0.15) is 0 Å². The molecule has 0 aromatic carbocycles. The van der Waals surface area contributed by atoms with Crippen LogP contribution in [0.5, 0.6) is 0 Å². The summed E-state index contributed by atoms with van der Waals surface area (Å²) >= 11 is 0. The Hall–Kier alpha value is -1.05. The number of nitrogens with one attached hydrogen (secondary N) is 1. The summed E-state index contributed by atoms with van der Waals surface area (Å²) in [5, 5.41) is 7.05. The summed E-state index contributed by atoms with van der Waals surface area (Å²) in [6.07, 6.45) is -0.187. The van der Waals surface area contributed by atoms with E-state index >= 15 is 0 Å². The van der Waals surface area contributed by atoms with Gasteiger partial charge in [-0.15, -0.1) is 0 Å². The Morgan fingerprint density at radius 1 is 1.47 bits per heavy atom. The first-order valence-electron chi connectivity index (χ1n) is 5.26. The Labute approximate surface area is 99.6 Å². The van der Waals surface area contributed by atoms with Crippen molar-refractivity contribution in [1.29, 1.82) is 5.31 Å². The second-order valence-corrected chi connectivity index (χ2v) is 4.41. The fraction of sp³-hybridized carbons (Fsp3) is 0.700. The number of fused-ring (bicyclic) bond motifs is 1. The van der Waals surface area contributed by atoms with E-state index in [9.17, 15) is 4.79 Å². The summed E-state index contributed by atoms with van der Waals surface area (Å²) in [7, 11) is 0.749. The summed E-state index contributed by atoms with van der Waals surface area (Å²) in [4.78, 5) is 11.0. The van der Waals surface area contributed by atoms with E-state index in [1.165, 1.54) is 6.08 Å². The van der Waals surface area contributed by atoms with Crippen molar-refractivity contribution in [3.8, 4) is 0 Å². The maximum atomic E-state index is 11.0. The Balaban J connectivity index is 2.35. The Kier molecular flexibility index (Phi) is 2.93. The first-order chi connectivity index (χ1) is 7.99. The Morgan fingerprint density at radius 3 is 2.71 bits per heavy atom. The zero-order valence-corrected chi connectivity index (χ0v) is 9.71. The van der Waals surface area contributed by atoms with Crippen LogP contribution >= 0.6 is 0 Å². The van der Waals surface area contributed by atoms with Gasteiger partial charge in [0, 0.05) is 0 Å². The first-order valence-corrected chi connectivity index (χ1v) is 5.26. The molecule has 1 N–H and O–H groups in total. The molecule has 2 aliphatic heterocycles. The molecule has 2 fully saturated rings. The van der Waals surface area contributed by atoms with Crippen LogP contribution in [0.15, 0.2) is 12.7 Å². The molecule has 0 bridgehead atoms. The van der Waals surface area contributed by atoms with Crippen molar-refractivity contribution in [2.24, 2.45) is 0 Å². The van der Waals surface area contributed by atoms with Crippen molar-refractivity contribution < 1.29 is 23.7 Å². The predicted molar refractivity (Wildman–Crippen MR) is 57.2 cm³/mol. The average molecular weight is 239 g/mol. The maximum absolute atomic E-state index is 11.0. The van der Waals surface area contributed by atoms with Gasteiger partial charge in [0.05, 0.1) is 0 Å². The minimum atomic E-state index is -1.21. The molecule has 0 aromatic heterocycles. The SMILES string of the molecule is C=C[C@@]1(OB=N)[C@@H](C=O)O[C@@H]2OC(C)(C)O[C@@H]21. The van der Waals surface area contributed by atoms with Crippen molar-refractivity contribution in [3.63, 3.8) is 0 Å². The number of hydrogen-bond donors (Lipinski definition) is 1. The van der Waals surface area contributed by atoms with Gasteiger partial charge in [0.25, 0.3) is 0 Å². The van der Waals surface area contributed by atoms with E-state index in [-0.39, 0.29) is 0 Å². The van der Waals surface area contributed by atoms with Gasteiger partial charge in [-0.3, -0.25) is 0 Å². The van der Waals surface area contributed by atoms with Crippen LogP contribution in [0.4, 0.5) is 0 Å². The van der Waals surface area contributed by atoms with Gasteiger partial charge in [-0.25, -0.2) is 0 Å². The molecule has 0 aliphatic carbocycles. The molecule has 4 atom stereocenters. The van der Waals surface area contributed by atoms with Gasteiger partial charge < -0.3 is 0 Å². The van der Waals surface area contributed by atoms with E-state index in [0.717, 1.165) is 7.27 Å². The van der Waals surface area contributed by atoms with E-state index in [0.29, 0.717) is 6.29 Å². The molecule has 92 valence electrons. The van der Waals surface area contributed by atoms with Crippen LogP contribution < -0.4 is 0 Å². The molecule has 0 radical (unpaired) electrons. The predicted octanol–water partition coefficient (Wildman–Crippen LogP) is 0.385. The Bertz CT molecular complexity index is 361. The van der Waals surface area contributed by atoms with Crippen LogP contribution in [-0.2, 0) is 23.7 Å². The number of carbonyl (C=O) groups is 1. The molecule has 6 nitrogen and oxygen atoms in total. The molecular formula is C10H14BNO5. The fourth-order valence-corrected chi connectivity index (χ4v) is 2.20. The zero-order valence-electron chi connectivity index (χ0n) is 9.71. The van der Waals surface area contributed by atoms with Gasteiger partial charge in [0.15, 0.2) is 0 Å². The van der Waals surface area contributed by atoms with Crippen molar-refractivity contribution in [2.75, 3.05) is 0 Å². The molecule has 0 amide bonds. The number of ether oxygens (including phenoxy) is 3. The molecule has 2 heterocycles. The van der Waals surface area contributed by atoms with Crippen LogP contribution in [0.2, 0.25) is 0 Å². The normalized spacial score (nSPS) is 42.6. The van der Waals surface area contributed by atoms with Crippen molar-refractivity contribution in [2.45, 2.75) is 43.7 Å². The number of hydrogen-bond acceptors (Lipinski definition) is 6. The molecule has 0 unspecified atom stereocenters. The summed E-state index contributed by atoms with van der Waals surface area (Å²) in [6, 6.07) is 0. The van der Waals surface area contributed by atoms with Crippen LogP contribution in [0.1, 0.15) is 13.8 Å². The average Bonchev–Trinajstić information content (AvgIpc) is 2.71. The standard InChI is InChI=1S/C10H14BNO5/c1-4-10(17-11-12)6(5-13)14-8-7(10)15-9(2,3)16-8/h4-8,12H,1H2,2-3H3/t6-,7+,8-,10-/m1/s1. The summed E-state index contributed by atoms with van der Waals surface area (Å²) in [5.74, 6) is -0.817. The van der Waals surface area contributed by atoms with Crippen molar-refractivity contribution in [1.82, 2.24) is 0 Å². The van der Waals surface area contributed by atoms with Gasteiger partial charge in [0.1, 0.15) is 0 Å². The van der Waals surface area contributed by atoms with Crippen LogP contribution in [-0.4, -0.2) is 43.4 Å². The molecule has 2 aliphatic rings. The Morgan fingerprint density at radius 2 is 2.18 bits per heavy atom. The molecule has 0 aromatic rings.